The molecular formula is C11H12F3N3O4. The summed E-state index contributed by atoms with van der Waals surface area (Å²) in [6.45, 7) is 1.55. The lowest BCUT2D eigenvalue weighted by atomic mass is 10.1. The van der Waals surface area contributed by atoms with E-state index in [4.69, 9.17) is 10.6 Å². The standard InChI is InChI=1S/C11H12F3N3O4/c1-2-8(10(18)16-15)21-9-4-3-6(11(12,13)14)5-7(9)17(19)20/h3-5,8H,2,15H2,1H3,(H,16,18). The third-order valence-corrected chi connectivity index (χ3v) is 2.56. The van der Waals surface area contributed by atoms with E-state index in [0.29, 0.717) is 12.1 Å². The molecule has 0 bridgehead atoms. The molecule has 0 saturated heterocycles. The van der Waals surface area contributed by atoms with Gasteiger partial charge in [-0.15, -0.1) is 0 Å². The first-order valence-electron chi connectivity index (χ1n) is 5.73. The fourth-order valence-electron chi connectivity index (χ4n) is 1.50. The first kappa shape index (κ1) is 16.7. The highest BCUT2D eigenvalue weighted by atomic mass is 19.4. The molecule has 116 valence electrons. The van der Waals surface area contributed by atoms with Gasteiger partial charge in [0, 0.05) is 6.07 Å². The van der Waals surface area contributed by atoms with Gasteiger partial charge in [-0.05, 0) is 18.6 Å². The number of nitro groups is 1. The molecule has 0 aliphatic heterocycles. The number of hydrogen-bond acceptors (Lipinski definition) is 5. The molecule has 7 nitrogen and oxygen atoms in total. The highest BCUT2D eigenvalue weighted by Gasteiger charge is 2.34. The number of amides is 1. The van der Waals surface area contributed by atoms with Gasteiger partial charge < -0.3 is 4.74 Å². The van der Waals surface area contributed by atoms with Crippen molar-refractivity contribution in [3.63, 3.8) is 0 Å². The Bertz CT molecular complexity index is 548. The highest BCUT2D eigenvalue weighted by Crippen LogP contribution is 2.36. The van der Waals surface area contributed by atoms with Crippen molar-refractivity contribution in [2.45, 2.75) is 25.6 Å². The number of nitro benzene ring substituents is 1. The van der Waals surface area contributed by atoms with Gasteiger partial charge in [0.05, 0.1) is 10.5 Å². The van der Waals surface area contributed by atoms with Crippen molar-refractivity contribution in [1.29, 1.82) is 0 Å². The van der Waals surface area contributed by atoms with Crippen LogP contribution in [0, 0.1) is 10.1 Å². The molecule has 0 spiro atoms. The number of nitrogens with two attached hydrogens (primary N) is 1. The molecule has 0 aliphatic carbocycles. The summed E-state index contributed by atoms with van der Waals surface area (Å²) in [4.78, 5) is 21.2. The molecule has 1 aromatic carbocycles. The van der Waals surface area contributed by atoms with Crippen molar-refractivity contribution in [2.24, 2.45) is 5.84 Å². The molecule has 0 saturated carbocycles. The maximum atomic E-state index is 12.5. The molecule has 0 radical (unpaired) electrons. The zero-order valence-electron chi connectivity index (χ0n) is 10.8. The second-order valence-corrected chi connectivity index (χ2v) is 3.96. The van der Waals surface area contributed by atoms with Crippen LogP contribution in [-0.4, -0.2) is 16.9 Å². The molecule has 3 N–H and O–H groups in total. The van der Waals surface area contributed by atoms with Gasteiger partial charge in [0.1, 0.15) is 0 Å². The van der Waals surface area contributed by atoms with Crippen LogP contribution in [-0.2, 0) is 11.0 Å². The highest BCUT2D eigenvalue weighted by molar-refractivity contribution is 5.80. The second-order valence-electron chi connectivity index (χ2n) is 3.96. The van der Waals surface area contributed by atoms with E-state index in [9.17, 15) is 28.1 Å². The molecular weight excluding hydrogens is 295 g/mol. The number of halogens is 3. The number of hydrazine groups is 1. The molecule has 21 heavy (non-hydrogen) atoms. The van der Waals surface area contributed by atoms with Crippen molar-refractivity contribution < 1.29 is 27.6 Å². The van der Waals surface area contributed by atoms with Crippen molar-refractivity contribution >= 4 is 11.6 Å². The third-order valence-electron chi connectivity index (χ3n) is 2.56. The minimum Gasteiger partial charge on any atom is -0.473 e. The number of hydrogen-bond donors (Lipinski definition) is 2. The molecule has 1 rings (SSSR count). The summed E-state index contributed by atoms with van der Waals surface area (Å²) in [5, 5.41) is 10.8. The van der Waals surface area contributed by atoms with Crippen molar-refractivity contribution in [3.8, 4) is 5.75 Å². The summed E-state index contributed by atoms with van der Waals surface area (Å²) in [7, 11) is 0. The predicted octanol–water partition coefficient (Wildman–Crippen LogP) is 1.76. The van der Waals surface area contributed by atoms with Crippen molar-refractivity contribution in [3.05, 3.63) is 33.9 Å². The van der Waals surface area contributed by atoms with Gasteiger partial charge in [-0.25, -0.2) is 5.84 Å². The topological polar surface area (TPSA) is 107 Å². The van der Waals surface area contributed by atoms with Gasteiger partial charge in [0.25, 0.3) is 5.91 Å². The zero-order chi connectivity index (χ0) is 16.2. The first-order chi connectivity index (χ1) is 9.70. The van der Waals surface area contributed by atoms with Crippen LogP contribution in [0.1, 0.15) is 18.9 Å². The Labute approximate surface area is 117 Å². The van der Waals surface area contributed by atoms with Gasteiger partial charge in [0.2, 0.25) is 0 Å². The molecule has 1 aromatic rings. The van der Waals surface area contributed by atoms with E-state index in [1.807, 2.05) is 0 Å². The molecule has 0 fully saturated rings. The van der Waals surface area contributed by atoms with Gasteiger partial charge in [-0.3, -0.25) is 20.3 Å². The second kappa shape index (κ2) is 6.39. The van der Waals surface area contributed by atoms with Crippen LogP contribution >= 0.6 is 0 Å². The lowest BCUT2D eigenvalue weighted by Gasteiger charge is -2.16. The van der Waals surface area contributed by atoms with E-state index in [1.165, 1.54) is 0 Å². The minimum atomic E-state index is -4.72. The largest absolute Gasteiger partial charge is 0.473 e. The minimum absolute atomic E-state index is 0.126. The van der Waals surface area contributed by atoms with Crippen LogP contribution < -0.4 is 16.0 Å². The Morgan fingerprint density at radius 3 is 2.57 bits per heavy atom. The molecule has 0 aromatic heterocycles. The molecule has 10 heteroatoms. The fraction of sp³-hybridized carbons (Fsp3) is 0.364. The maximum absolute atomic E-state index is 12.5. The average molecular weight is 307 g/mol. The predicted molar refractivity (Wildman–Crippen MR) is 65.1 cm³/mol. The zero-order valence-corrected chi connectivity index (χ0v) is 10.8. The molecule has 0 aliphatic rings. The van der Waals surface area contributed by atoms with Crippen LogP contribution in [0.15, 0.2) is 18.2 Å². The SMILES string of the molecule is CCC(Oc1ccc(C(F)(F)F)cc1[N+](=O)[O-])C(=O)NN. The Balaban J connectivity index is 3.18. The van der Waals surface area contributed by atoms with Crippen LogP contribution in [0.2, 0.25) is 0 Å². The quantitative estimate of drug-likeness (QED) is 0.373. The van der Waals surface area contributed by atoms with E-state index < -0.39 is 40.1 Å². The van der Waals surface area contributed by atoms with Crippen LogP contribution in [0.4, 0.5) is 18.9 Å². The van der Waals surface area contributed by atoms with Gasteiger partial charge in [0.15, 0.2) is 11.9 Å². The summed E-state index contributed by atoms with van der Waals surface area (Å²) in [5.74, 6) is 3.73. The molecule has 1 amide bonds. The summed E-state index contributed by atoms with van der Waals surface area (Å²) in [6, 6.07) is 1.78. The van der Waals surface area contributed by atoms with Crippen LogP contribution in [0.25, 0.3) is 0 Å². The maximum Gasteiger partial charge on any atom is 0.416 e. The number of rotatable bonds is 5. The number of nitrogens with zero attached hydrogens (tertiary/aromatic N) is 1. The lowest BCUT2D eigenvalue weighted by Crippen LogP contribution is -2.41. The smallest absolute Gasteiger partial charge is 0.416 e. The van der Waals surface area contributed by atoms with E-state index in [1.54, 1.807) is 12.3 Å². The summed E-state index contributed by atoms with van der Waals surface area (Å²) < 4.78 is 42.7. The monoisotopic (exact) mass is 307 g/mol. The summed E-state index contributed by atoms with van der Waals surface area (Å²) >= 11 is 0. The van der Waals surface area contributed by atoms with E-state index in [0.717, 1.165) is 6.07 Å². The van der Waals surface area contributed by atoms with E-state index >= 15 is 0 Å². The number of carbonyl (C=O) groups is 1. The number of benzene rings is 1. The summed E-state index contributed by atoms with van der Waals surface area (Å²) in [6.07, 6.45) is -5.74. The molecule has 1 atom stereocenters. The summed E-state index contributed by atoms with van der Waals surface area (Å²) in [5.41, 5.74) is -0.257. The van der Waals surface area contributed by atoms with Gasteiger partial charge >= 0.3 is 11.9 Å². The number of carbonyl (C=O) groups excluding carboxylic acids is 1. The average Bonchev–Trinajstić information content (AvgIpc) is 2.42. The van der Waals surface area contributed by atoms with E-state index in [-0.39, 0.29) is 6.42 Å². The molecule has 1 unspecified atom stereocenters. The number of ether oxygens (including phenoxy) is 1. The first-order valence-corrected chi connectivity index (χ1v) is 5.73. The van der Waals surface area contributed by atoms with Crippen LogP contribution in [0.5, 0.6) is 5.75 Å². The van der Waals surface area contributed by atoms with Gasteiger partial charge in [-0.2, -0.15) is 13.2 Å². The van der Waals surface area contributed by atoms with Gasteiger partial charge in [-0.1, -0.05) is 6.92 Å². The number of nitrogens with one attached hydrogen (secondary N) is 1. The Morgan fingerprint density at radius 2 is 2.14 bits per heavy atom. The molecule has 0 heterocycles. The van der Waals surface area contributed by atoms with Crippen LogP contribution in [0.3, 0.4) is 0 Å². The number of alkyl halides is 3. The van der Waals surface area contributed by atoms with Crippen molar-refractivity contribution in [1.82, 2.24) is 5.43 Å². The fourth-order valence-corrected chi connectivity index (χ4v) is 1.50. The Hall–Kier alpha value is -2.36. The van der Waals surface area contributed by atoms with Crippen molar-refractivity contribution in [2.75, 3.05) is 0 Å². The lowest BCUT2D eigenvalue weighted by molar-refractivity contribution is -0.386. The van der Waals surface area contributed by atoms with E-state index in [2.05, 4.69) is 0 Å². The Morgan fingerprint density at radius 1 is 1.52 bits per heavy atom. The normalized spacial score (nSPS) is 12.6. The third kappa shape index (κ3) is 4.05. The Kier molecular flexibility index (Phi) is 5.08.